The molecule has 0 unspecified atom stereocenters. The Morgan fingerprint density at radius 3 is 2.57 bits per heavy atom. The van der Waals surface area contributed by atoms with E-state index in [9.17, 15) is 9.59 Å². The number of aromatic nitrogens is 3. The molecule has 2 amide bonds. The van der Waals surface area contributed by atoms with E-state index in [0.717, 1.165) is 5.56 Å². The van der Waals surface area contributed by atoms with Gasteiger partial charge >= 0.3 is 0 Å². The van der Waals surface area contributed by atoms with E-state index in [1.807, 2.05) is 18.2 Å². The van der Waals surface area contributed by atoms with Crippen LogP contribution in [-0.4, -0.2) is 51.1 Å². The normalized spacial score (nSPS) is 14.2. The van der Waals surface area contributed by atoms with Gasteiger partial charge in [-0.05, 0) is 44.0 Å². The smallest absolute Gasteiger partial charge is 0.273 e. The van der Waals surface area contributed by atoms with Gasteiger partial charge in [-0.3, -0.25) is 9.59 Å². The summed E-state index contributed by atoms with van der Waals surface area (Å²) in [6, 6.07) is 15.9. The van der Waals surface area contributed by atoms with Gasteiger partial charge in [0.25, 0.3) is 17.7 Å². The molecule has 0 spiro atoms. The van der Waals surface area contributed by atoms with Crippen LogP contribution in [0.4, 0.5) is 0 Å². The van der Waals surface area contributed by atoms with Gasteiger partial charge in [0.05, 0.1) is 11.1 Å². The zero-order valence-corrected chi connectivity index (χ0v) is 19.7. The van der Waals surface area contributed by atoms with Crippen LogP contribution in [0.15, 0.2) is 63.6 Å². The van der Waals surface area contributed by atoms with Gasteiger partial charge in [0.2, 0.25) is 5.82 Å². The van der Waals surface area contributed by atoms with Gasteiger partial charge in [-0.15, -0.1) is 0 Å². The molecular weight excluding hydrogens is 470 g/mol. The van der Waals surface area contributed by atoms with Crippen molar-refractivity contribution in [2.45, 2.75) is 25.8 Å². The third-order valence-corrected chi connectivity index (χ3v) is 6.11. The first-order chi connectivity index (χ1) is 17.0. The number of hydrogen-bond acceptors (Lipinski definition) is 7. The van der Waals surface area contributed by atoms with Crippen LogP contribution in [0.5, 0.6) is 0 Å². The molecule has 0 aliphatic carbocycles. The summed E-state index contributed by atoms with van der Waals surface area (Å²) in [4.78, 5) is 32.0. The molecule has 0 saturated carbocycles. The predicted octanol–water partition coefficient (Wildman–Crippen LogP) is 4.39. The first-order valence-electron chi connectivity index (χ1n) is 11.2. The van der Waals surface area contributed by atoms with Crippen LogP contribution < -0.4 is 5.32 Å². The summed E-state index contributed by atoms with van der Waals surface area (Å²) in [5, 5.41) is 11.3. The number of halogens is 1. The number of nitrogens with one attached hydrogen (secondary N) is 1. The fourth-order valence-corrected chi connectivity index (χ4v) is 4.25. The predicted molar refractivity (Wildman–Crippen MR) is 128 cm³/mol. The second-order valence-electron chi connectivity index (χ2n) is 8.34. The van der Waals surface area contributed by atoms with E-state index in [0.29, 0.717) is 53.7 Å². The minimum absolute atomic E-state index is 0.0463. The highest BCUT2D eigenvalue weighted by Gasteiger charge is 2.28. The third kappa shape index (κ3) is 4.95. The molecule has 10 heteroatoms. The maximum absolute atomic E-state index is 13.4. The Morgan fingerprint density at radius 2 is 1.83 bits per heavy atom. The highest BCUT2D eigenvalue weighted by molar-refractivity contribution is 6.30. The molecular formula is C25H22ClN5O4. The lowest BCUT2D eigenvalue weighted by Crippen LogP contribution is -2.46. The number of piperidine rings is 1. The van der Waals surface area contributed by atoms with Crippen molar-refractivity contribution in [2.24, 2.45) is 0 Å². The lowest BCUT2D eigenvalue weighted by molar-refractivity contribution is 0.0698. The molecule has 0 atom stereocenters. The Labute approximate surface area is 206 Å². The average molecular weight is 492 g/mol. The maximum Gasteiger partial charge on any atom is 0.273 e. The van der Waals surface area contributed by atoms with Crippen LogP contribution in [0.25, 0.3) is 22.8 Å². The zero-order chi connectivity index (χ0) is 24.4. The van der Waals surface area contributed by atoms with Gasteiger partial charge in [0, 0.05) is 35.8 Å². The number of carbonyl (C=O) groups excluding carboxylic acids is 2. The highest BCUT2D eigenvalue weighted by Crippen LogP contribution is 2.28. The first-order valence-corrected chi connectivity index (χ1v) is 11.6. The molecule has 5 rings (SSSR count). The van der Waals surface area contributed by atoms with Gasteiger partial charge in [-0.2, -0.15) is 4.98 Å². The SMILES string of the molecule is Cc1cc(C(=O)NC2CCN(C(=O)c3ccccc3-c3nc(-c4cccc(Cl)c4)no3)CC2)no1. The number of rotatable bonds is 5. The van der Waals surface area contributed by atoms with Crippen molar-refractivity contribution in [3.63, 3.8) is 0 Å². The van der Waals surface area contributed by atoms with E-state index >= 15 is 0 Å². The summed E-state index contributed by atoms with van der Waals surface area (Å²) in [5.74, 6) is 0.830. The molecule has 1 aliphatic heterocycles. The quantitative estimate of drug-likeness (QED) is 0.440. The fourth-order valence-electron chi connectivity index (χ4n) is 4.06. The maximum atomic E-state index is 13.4. The van der Waals surface area contributed by atoms with E-state index in [2.05, 4.69) is 20.6 Å². The molecule has 178 valence electrons. The number of carbonyl (C=O) groups is 2. The Morgan fingerprint density at radius 1 is 1.03 bits per heavy atom. The summed E-state index contributed by atoms with van der Waals surface area (Å²) >= 11 is 6.07. The summed E-state index contributed by atoms with van der Waals surface area (Å²) in [6.45, 7) is 2.75. The minimum Gasteiger partial charge on any atom is -0.361 e. The standard InChI is InChI=1S/C25H22ClN5O4/c1-15-13-21(29-34-15)23(32)27-18-9-11-31(12-10-18)25(33)20-8-3-2-7-19(20)24-28-22(30-35-24)16-5-4-6-17(26)14-16/h2-8,13-14,18H,9-12H2,1H3,(H,27,32). The number of benzene rings is 2. The third-order valence-electron chi connectivity index (χ3n) is 5.87. The van der Waals surface area contributed by atoms with Crippen LogP contribution in [-0.2, 0) is 0 Å². The minimum atomic E-state index is -0.274. The second kappa shape index (κ2) is 9.71. The van der Waals surface area contributed by atoms with Crippen LogP contribution in [0.2, 0.25) is 5.02 Å². The molecule has 1 aliphatic rings. The van der Waals surface area contributed by atoms with Gasteiger partial charge in [0.15, 0.2) is 5.69 Å². The summed E-state index contributed by atoms with van der Waals surface area (Å²) in [6.07, 6.45) is 1.27. The molecule has 2 aromatic carbocycles. The molecule has 0 bridgehead atoms. The first kappa shape index (κ1) is 22.8. The van der Waals surface area contributed by atoms with E-state index in [1.54, 1.807) is 48.2 Å². The largest absolute Gasteiger partial charge is 0.361 e. The van der Waals surface area contributed by atoms with Crippen molar-refractivity contribution in [3.05, 3.63) is 76.6 Å². The van der Waals surface area contributed by atoms with Crippen molar-refractivity contribution in [3.8, 4) is 22.8 Å². The van der Waals surface area contributed by atoms with E-state index in [-0.39, 0.29) is 29.4 Å². The Hall–Kier alpha value is -3.98. The highest BCUT2D eigenvalue weighted by atomic mass is 35.5. The Balaban J connectivity index is 1.27. The van der Waals surface area contributed by atoms with E-state index < -0.39 is 0 Å². The molecule has 1 saturated heterocycles. The summed E-state index contributed by atoms with van der Waals surface area (Å²) in [7, 11) is 0. The number of hydrogen-bond donors (Lipinski definition) is 1. The topological polar surface area (TPSA) is 114 Å². The second-order valence-corrected chi connectivity index (χ2v) is 8.78. The molecule has 2 aromatic heterocycles. The number of aryl methyl sites for hydroxylation is 1. The number of amides is 2. The molecule has 3 heterocycles. The Kier molecular flexibility index (Phi) is 6.33. The van der Waals surface area contributed by atoms with E-state index in [1.165, 1.54) is 0 Å². The molecule has 9 nitrogen and oxygen atoms in total. The van der Waals surface area contributed by atoms with Gasteiger partial charge in [-0.25, -0.2) is 0 Å². The van der Waals surface area contributed by atoms with Crippen molar-refractivity contribution in [2.75, 3.05) is 13.1 Å². The molecule has 4 aromatic rings. The van der Waals surface area contributed by atoms with Gasteiger partial charge in [0.1, 0.15) is 5.76 Å². The van der Waals surface area contributed by atoms with Crippen molar-refractivity contribution >= 4 is 23.4 Å². The Bertz CT molecular complexity index is 1370. The molecule has 1 N–H and O–H groups in total. The van der Waals surface area contributed by atoms with Crippen LogP contribution in [0.1, 0.15) is 39.4 Å². The van der Waals surface area contributed by atoms with Crippen molar-refractivity contribution < 1.29 is 18.6 Å². The van der Waals surface area contributed by atoms with Crippen LogP contribution in [0, 0.1) is 6.92 Å². The zero-order valence-electron chi connectivity index (χ0n) is 18.9. The van der Waals surface area contributed by atoms with Crippen molar-refractivity contribution in [1.82, 2.24) is 25.5 Å². The van der Waals surface area contributed by atoms with Crippen LogP contribution in [0.3, 0.4) is 0 Å². The number of nitrogens with zero attached hydrogens (tertiary/aromatic N) is 4. The lowest BCUT2D eigenvalue weighted by Gasteiger charge is -2.32. The summed E-state index contributed by atoms with van der Waals surface area (Å²) < 4.78 is 10.5. The molecule has 35 heavy (non-hydrogen) atoms. The van der Waals surface area contributed by atoms with Gasteiger partial charge < -0.3 is 19.3 Å². The van der Waals surface area contributed by atoms with Gasteiger partial charge in [-0.1, -0.05) is 46.2 Å². The van der Waals surface area contributed by atoms with Crippen molar-refractivity contribution in [1.29, 1.82) is 0 Å². The molecule has 1 fully saturated rings. The fraction of sp³-hybridized carbons (Fsp3) is 0.240. The van der Waals surface area contributed by atoms with Crippen LogP contribution >= 0.6 is 11.6 Å². The lowest BCUT2D eigenvalue weighted by atomic mass is 10.0. The van der Waals surface area contributed by atoms with E-state index in [4.69, 9.17) is 20.6 Å². The number of likely N-dealkylation sites (tertiary alicyclic amines) is 1. The summed E-state index contributed by atoms with van der Waals surface area (Å²) in [5.41, 5.74) is 2.03. The molecule has 0 radical (unpaired) electrons. The monoisotopic (exact) mass is 491 g/mol. The average Bonchev–Trinajstić information content (AvgIpc) is 3.54.